The molecule has 0 amide bonds. The van der Waals surface area contributed by atoms with Crippen LogP contribution in [0.15, 0.2) is 0 Å². The fourth-order valence-corrected chi connectivity index (χ4v) is 3.60. The standard InChI is InChI=1S/C24H51N.ClH/c1-3-5-7-9-11-13-15-17-19-21-23-25-24-22-20-18-16-14-12-10-8-6-4-2;/h25H,3-24H2,1-2H3;1H. The third-order valence-corrected chi connectivity index (χ3v) is 5.41. The Balaban J connectivity index is 0. The van der Waals surface area contributed by atoms with Crippen LogP contribution in [-0.4, -0.2) is 13.1 Å². The second-order valence-electron chi connectivity index (χ2n) is 8.11. The van der Waals surface area contributed by atoms with Gasteiger partial charge in [-0.2, -0.15) is 0 Å². The van der Waals surface area contributed by atoms with E-state index in [9.17, 15) is 0 Å². The molecule has 0 aliphatic heterocycles. The molecule has 0 fully saturated rings. The van der Waals surface area contributed by atoms with Crippen LogP contribution < -0.4 is 5.32 Å². The van der Waals surface area contributed by atoms with E-state index < -0.39 is 0 Å². The summed E-state index contributed by atoms with van der Waals surface area (Å²) in [6.07, 6.45) is 28.8. The summed E-state index contributed by atoms with van der Waals surface area (Å²) in [6, 6.07) is 0. The maximum atomic E-state index is 3.64. The topological polar surface area (TPSA) is 12.0 Å². The second kappa shape index (κ2) is 27.5. The number of hydrogen-bond donors (Lipinski definition) is 1. The van der Waals surface area contributed by atoms with Gasteiger partial charge in [0.15, 0.2) is 0 Å². The van der Waals surface area contributed by atoms with E-state index >= 15 is 0 Å². The number of unbranched alkanes of at least 4 members (excludes halogenated alkanes) is 18. The van der Waals surface area contributed by atoms with Gasteiger partial charge in [-0.15, -0.1) is 12.4 Å². The lowest BCUT2D eigenvalue weighted by molar-refractivity contribution is 0.525. The van der Waals surface area contributed by atoms with Crippen LogP contribution in [0.25, 0.3) is 0 Å². The lowest BCUT2D eigenvalue weighted by Crippen LogP contribution is -2.16. The van der Waals surface area contributed by atoms with Crippen LogP contribution in [0.5, 0.6) is 0 Å². The molecule has 0 spiro atoms. The van der Waals surface area contributed by atoms with Crippen molar-refractivity contribution in [3.63, 3.8) is 0 Å². The zero-order valence-electron chi connectivity index (χ0n) is 18.5. The van der Waals surface area contributed by atoms with Crippen LogP contribution >= 0.6 is 12.4 Å². The molecule has 26 heavy (non-hydrogen) atoms. The minimum Gasteiger partial charge on any atom is -0.317 e. The van der Waals surface area contributed by atoms with Gasteiger partial charge in [-0.25, -0.2) is 0 Å². The molecule has 0 saturated carbocycles. The Kier molecular flexibility index (Phi) is 30.1. The van der Waals surface area contributed by atoms with Crippen LogP contribution in [0.1, 0.15) is 142 Å². The molecule has 1 nitrogen and oxygen atoms in total. The summed E-state index contributed by atoms with van der Waals surface area (Å²) < 4.78 is 0. The van der Waals surface area contributed by atoms with Crippen molar-refractivity contribution in [2.45, 2.75) is 142 Å². The van der Waals surface area contributed by atoms with Crippen LogP contribution in [0, 0.1) is 0 Å². The van der Waals surface area contributed by atoms with Gasteiger partial charge in [-0.05, 0) is 25.9 Å². The molecule has 0 saturated heterocycles. The Bertz CT molecular complexity index is 198. The van der Waals surface area contributed by atoms with E-state index in [2.05, 4.69) is 19.2 Å². The summed E-state index contributed by atoms with van der Waals surface area (Å²) in [6.45, 7) is 7.08. The van der Waals surface area contributed by atoms with Crippen LogP contribution in [0.3, 0.4) is 0 Å². The smallest absolute Gasteiger partial charge is 0.00489 e. The molecule has 0 aromatic carbocycles. The summed E-state index contributed by atoms with van der Waals surface area (Å²) in [4.78, 5) is 0. The van der Waals surface area contributed by atoms with Crippen molar-refractivity contribution >= 4 is 12.4 Å². The zero-order valence-corrected chi connectivity index (χ0v) is 19.3. The fourth-order valence-electron chi connectivity index (χ4n) is 3.60. The van der Waals surface area contributed by atoms with E-state index in [0.29, 0.717) is 0 Å². The molecule has 0 unspecified atom stereocenters. The predicted molar refractivity (Wildman–Crippen MR) is 124 cm³/mol. The minimum atomic E-state index is 0. The van der Waals surface area contributed by atoms with E-state index in [0.717, 1.165) is 0 Å². The van der Waals surface area contributed by atoms with E-state index in [1.54, 1.807) is 0 Å². The van der Waals surface area contributed by atoms with Gasteiger partial charge < -0.3 is 5.32 Å². The van der Waals surface area contributed by atoms with E-state index in [1.165, 1.54) is 142 Å². The second-order valence-corrected chi connectivity index (χ2v) is 8.11. The molecule has 0 atom stereocenters. The first-order valence-electron chi connectivity index (χ1n) is 12.1. The van der Waals surface area contributed by atoms with Crippen molar-refractivity contribution in [3.8, 4) is 0 Å². The van der Waals surface area contributed by atoms with Gasteiger partial charge in [0.05, 0.1) is 0 Å². The van der Waals surface area contributed by atoms with Gasteiger partial charge in [-0.3, -0.25) is 0 Å². The first-order chi connectivity index (χ1) is 12.4. The number of hydrogen-bond acceptors (Lipinski definition) is 1. The van der Waals surface area contributed by atoms with Gasteiger partial charge in [-0.1, -0.05) is 129 Å². The Hall–Kier alpha value is 0.250. The van der Waals surface area contributed by atoms with Gasteiger partial charge in [0.25, 0.3) is 0 Å². The van der Waals surface area contributed by atoms with Crippen molar-refractivity contribution in [1.29, 1.82) is 0 Å². The Labute approximate surface area is 173 Å². The Morgan fingerprint density at radius 3 is 0.846 bits per heavy atom. The molecule has 0 bridgehead atoms. The van der Waals surface area contributed by atoms with Gasteiger partial charge >= 0.3 is 0 Å². The quantitative estimate of drug-likeness (QED) is 0.182. The molecule has 0 aliphatic rings. The maximum Gasteiger partial charge on any atom is -0.00489 e. The molecule has 0 aromatic rings. The van der Waals surface area contributed by atoms with Crippen molar-refractivity contribution < 1.29 is 0 Å². The lowest BCUT2D eigenvalue weighted by Gasteiger charge is -2.05. The number of nitrogens with one attached hydrogen (secondary N) is 1. The van der Waals surface area contributed by atoms with Crippen molar-refractivity contribution in [2.24, 2.45) is 0 Å². The molecule has 2 heteroatoms. The normalized spacial score (nSPS) is 10.8. The third kappa shape index (κ3) is 26.5. The molecule has 0 aliphatic carbocycles. The average Bonchev–Trinajstić information content (AvgIpc) is 2.63. The maximum absolute atomic E-state index is 3.64. The van der Waals surface area contributed by atoms with Crippen LogP contribution in [0.2, 0.25) is 0 Å². The summed E-state index contributed by atoms with van der Waals surface area (Å²) >= 11 is 0. The van der Waals surface area contributed by atoms with Gasteiger partial charge in [0.1, 0.15) is 0 Å². The monoisotopic (exact) mass is 389 g/mol. The highest BCUT2D eigenvalue weighted by molar-refractivity contribution is 5.85. The number of rotatable bonds is 22. The molecule has 0 heterocycles. The molecule has 0 rings (SSSR count). The SMILES string of the molecule is CCCCCCCCCCCCNCCCCCCCCCCCC.Cl. The molecule has 0 aromatic heterocycles. The molecular weight excluding hydrogens is 338 g/mol. The van der Waals surface area contributed by atoms with Crippen molar-refractivity contribution in [1.82, 2.24) is 5.32 Å². The minimum absolute atomic E-state index is 0. The lowest BCUT2D eigenvalue weighted by atomic mass is 10.1. The highest BCUT2D eigenvalue weighted by Crippen LogP contribution is 2.11. The van der Waals surface area contributed by atoms with Crippen LogP contribution in [0.4, 0.5) is 0 Å². The largest absolute Gasteiger partial charge is 0.317 e. The van der Waals surface area contributed by atoms with Crippen molar-refractivity contribution in [3.05, 3.63) is 0 Å². The molecular formula is C24H52ClN. The van der Waals surface area contributed by atoms with Gasteiger partial charge in [0, 0.05) is 0 Å². The predicted octanol–water partition coefficient (Wildman–Crippen LogP) is 8.84. The summed E-state index contributed by atoms with van der Waals surface area (Å²) in [5, 5.41) is 3.64. The molecule has 1 N–H and O–H groups in total. The number of halogens is 1. The van der Waals surface area contributed by atoms with Crippen LogP contribution in [-0.2, 0) is 0 Å². The van der Waals surface area contributed by atoms with E-state index in [1.807, 2.05) is 0 Å². The highest BCUT2D eigenvalue weighted by Gasteiger charge is 1.94. The summed E-state index contributed by atoms with van der Waals surface area (Å²) in [5.41, 5.74) is 0. The highest BCUT2D eigenvalue weighted by atomic mass is 35.5. The molecule has 160 valence electrons. The third-order valence-electron chi connectivity index (χ3n) is 5.41. The Morgan fingerprint density at radius 1 is 0.346 bits per heavy atom. The van der Waals surface area contributed by atoms with Gasteiger partial charge in [0.2, 0.25) is 0 Å². The first kappa shape index (κ1) is 28.5. The summed E-state index contributed by atoms with van der Waals surface area (Å²) in [5.74, 6) is 0. The van der Waals surface area contributed by atoms with E-state index in [4.69, 9.17) is 0 Å². The van der Waals surface area contributed by atoms with E-state index in [-0.39, 0.29) is 12.4 Å². The molecule has 0 radical (unpaired) electrons. The Morgan fingerprint density at radius 2 is 0.577 bits per heavy atom. The first-order valence-corrected chi connectivity index (χ1v) is 12.1. The average molecular weight is 390 g/mol. The zero-order chi connectivity index (χ0) is 18.3. The fraction of sp³-hybridized carbons (Fsp3) is 1.00. The van der Waals surface area contributed by atoms with Crippen molar-refractivity contribution in [2.75, 3.05) is 13.1 Å². The summed E-state index contributed by atoms with van der Waals surface area (Å²) in [7, 11) is 0.